The molecule has 7 nitrogen and oxygen atoms in total. The second kappa shape index (κ2) is 10.8. The van der Waals surface area contributed by atoms with Crippen LogP contribution in [0.4, 0.5) is 4.79 Å². The van der Waals surface area contributed by atoms with Gasteiger partial charge in [0.1, 0.15) is 11.8 Å². The van der Waals surface area contributed by atoms with Gasteiger partial charge in [-0.05, 0) is 59.2 Å². The summed E-state index contributed by atoms with van der Waals surface area (Å²) in [6.45, 7) is 1.40. The standard InChI is InChI=1S/C21H23IN2O5/c1-13(25)17(12-15-8-9-19(26)16(22)10-15)23-20(27)18(24-21(28)29-2)11-14-6-4-3-5-7-14/h3-10,17-18,26H,11-12H2,1-2H3,(H,23,27)(H,24,28). The molecule has 29 heavy (non-hydrogen) atoms. The van der Waals surface area contributed by atoms with Crippen LogP contribution >= 0.6 is 22.6 Å². The number of phenols is 1. The molecule has 2 aromatic carbocycles. The van der Waals surface area contributed by atoms with Crippen molar-refractivity contribution >= 4 is 40.4 Å². The highest BCUT2D eigenvalue weighted by Gasteiger charge is 2.26. The number of carbonyl (C=O) groups excluding carboxylic acids is 3. The number of ketones is 1. The molecule has 0 fully saturated rings. The zero-order valence-corrected chi connectivity index (χ0v) is 18.3. The van der Waals surface area contributed by atoms with Gasteiger partial charge in [0.25, 0.3) is 0 Å². The predicted molar refractivity (Wildman–Crippen MR) is 117 cm³/mol. The van der Waals surface area contributed by atoms with E-state index in [4.69, 9.17) is 0 Å². The molecule has 0 heterocycles. The number of carbonyl (C=O) groups is 3. The Hall–Kier alpha value is -2.62. The lowest BCUT2D eigenvalue weighted by Crippen LogP contribution is -2.52. The number of aromatic hydroxyl groups is 1. The number of hydrogen-bond acceptors (Lipinski definition) is 5. The summed E-state index contributed by atoms with van der Waals surface area (Å²) in [4.78, 5) is 36.7. The highest BCUT2D eigenvalue weighted by atomic mass is 127. The van der Waals surface area contributed by atoms with E-state index in [-0.39, 0.29) is 24.4 Å². The number of Topliss-reactive ketones (excluding diaryl/α,β-unsaturated/α-hetero) is 1. The first-order valence-corrected chi connectivity index (χ1v) is 10.0. The van der Waals surface area contributed by atoms with Crippen molar-refractivity contribution in [2.75, 3.05) is 7.11 Å². The fourth-order valence-corrected chi connectivity index (χ4v) is 3.32. The monoisotopic (exact) mass is 510 g/mol. The van der Waals surface area contributed by atoms with Gasteiger partial charge in [-0.25, -0.2) is 4.79 Å². The number of phenolic OH excluding ortho intramolecular Hbond substituents is 1. The quantitative estimate of drug-likeness (QED) is 0.474. The summed E-state index contributed by atoms with van der Waals surface area (Å²) in [5.41, 5.74) is 1.66. The van der Waals surface area contributed by atoms with Crippen LogP contribution in [0.15, 0.2) is 48.5 Å². The molecule has 0 saturated heterocycles. The van der Waals surface area contributed by atoms with E-state index in [1.165, 1.54) is 14.0 Å². The maximum absolute atomic E-state index is 12.9. The van der Waals surface area contributed by atoms with Crippen molar-refractivity contribution < 1.29 is 24.2 Å². The van der Waals surface area contributed by atoms with E-state index in [1.807, 2.05) is 52.9 Å². The van der Waals surface area contributed by atoms with Crippen LogP contribution in [0.1, 0.15) is 18.1 Å². The van der Waals surface area contributed by atoms with Gasteiger partial charge < -0.3 is 20.5 Å². The second-order valence-electron chi connectivity index (χ2n) is 6.54. The number of halogens is 1. The van der Waals surface area contributed by atoms with E-state index in [9.17, 15) is 19.5 Å². The Morgan fingerprint density at radius 1 is 1.00 bits per heavy atom. The zero-order chi connectivity index (χ0) is 21.4. The number of alkyl carbamates (subject to hydrolysis) is 1. The van der Waals surface area contributed by atoms with E-state index in [2.05, 4.69) is 15.4 Å². The number of nitrogens with one attached hydrogen (secondary N) is 2. The van der Waals surface area contributed by atoms with Crippen molar-refractivity contribution in [2.45, 2.75) is 31.8 Å². The normalized spacial score (nSPS) is 12.5. The topological polar surface area (TPSA) is 105 Å². The van der Waals surface area contributed by atoms with Gasteiger partial charge in [-0.3, -0.25) is 9.59 Å². The molecule has 0 radical (unpaired) electrons. The molecule has 2 atom stereocenters. The third-order valence-electron chi connectivity index (χ3n) is 4.34. The van der Waals surface area contributed by atoms with Gasteiger partial charge in [-0.1, -0.05) is 36.4 Å². The first-order chi connectivity index (χ1) is 13.8. The molecule has 0 spiro atoms. The zero-order valence-electron chi connectivity index (χ0n) is 16.1. The van der Waals surface area contributed by atoms with E-state index in [1.54, 1.807) is 18.2 Å². The maximum atomic E-state index is 12.9. The van der Waals surface area contributed by atoms with E-state index >= 15 is 0 Å². The Morgan fingerprint density at radius 3 is 2.24 bits per heavy atom. The fraction of sp³-hybridized carbons (Fsp3) is 0.286. The molecule has 2 amide bonds. The Balaban J connectivity index is 2.15. The predicted octanol–water partition coefficient (Wildman–Crippen LogP) is 2.58. The van der Waals surface area contributed by atoms with Gasteiger partial charge in [0, 0.05) is 6.42 Å². The summed E-state index contributed by atoms with van der Waals surface area (Å²) in [7, 11) is 1.22. The first kappa shape index (κ1) is 22.7. The summed E-state index contributed by atoms with van der Waals surface area (Å²) >= 11 is 2.00. The van der Waals surface area contributed by atoms with Gasteiger partial charge in [0.15, 0.2) is 5.78 Å². The van der Waals surface area contributed by atoms with Gasteiger partial charge >= 0.3 is 6.09 Å². The number of ether oxygens (including phenoxy) is 1. The van der Waals surface area contributed by atoms with Crippen molar-refractivity contribution in [3.05, 3.63) is 63.2 Å². The van der Waals surface area contributed by atoms with Gasteiger partial charge in [-0.2, -0.15) is 0 Å². The van der Waals surface area contributed by atoms with Crippen molar-refractivity contribution in [1.29, 1.82) is 0 Å². The SMILES string of the molecule is COC(=O)NC(Cc1ccccc1)C(=O)NC(Cc1ccc(O)c(I)c1)C(C)=O. The smallest absolute Gasteiger partial charge is 0.407 e. The Labute approximate surface area is 183 Å². The third kappa shape index (κ3) is 7.04. The van der Waals surface area contributed by atoms with Crippen molar-refractivity contribution in [3.63, 3.8) is 0 Å². The number of amides is 2. The minimum absolute atomic E-state index is 0.156. The fourth-order valence-electron chi connectivity index (χ4n) is 2.74. The molecular formula is C21H23IN2O5. The molecule has 8 heteroatoms. The highest BCUT2D eigenvalue weighted by Crippen LogP contribution is 2.21. The van der Waals surface area contributed by atoms with Crippen LogP contribution in [-0.4, -0.2) is 42.1 Å². The lowest BCUT2D eigenvalue weighted by molar-refractivity contribution is -0.128. The average Bonchev–Trinajstić information content (AvgIpc) is 2.70. The summed E-state index contributed by atoms with van der Waals surface area (Å²) in [6.07, 6.45) is -0.203. The third-order valence-corrected chi connectivity index (χ3v) is 5.20. The van der Waals surface area contributed by atoms with Crippen LogP contribution in [0.5, 0.6) is 5.75 Å². The van der Waals surface area contributed by atoms with Crippen LogP contribution < -0.4 is 10.6 Å². The molecule has 3 N–H and O–H groups in total. The number of hydrogen-bond donors (Lipinski definition) is 3. The molecule has 0 bridgehead atoms. The van der Waals surface area contributed by atoms with Crippen molar-refractivity contribution in [1.82, 2.24) is 10.6 Å². The molecule has 0 aliphatic carbocycles. The number of rotatable bonds is 8. The van der Waals surface area contributed by atoms with E-state index < -0.39 is 24.1 Å². The molecule has 0 saturated carbocycles. The largest absolute Gasteiger partial charge is 0.507 e. The van der Waals surface area contributed by atoms with Crippen LogP contribution in [0.3, 0.4) is 0 Å². The summed E-state index contributed by atoms with van der Waals surface area (Å²) < 4.78 is 5.28. The van der Waals surface area contributed by atoms with Crippen LogP contribution in [-0.2, 0) is 27.2 Å². The maximum Gasteiger partial charge on any atom is 0.407 e. The number of methoxy groups -OCH3 is 1. The van der Waals surface area contributed by atoms with Crippen LogP contribution in [0.2, 0.25) is 0 Å². The molecule has 0 aliphatic heterocycles. The minimum Gasteiger partial charge on any atom is -0.507 e. The van der Waals surface area contributed by atoms with Gasteiger partial charge in [0.05, 0.1) is 16.7 Å². The van der Waals surface area contributed by atoms with Crippen LogP contribution in [0.25, 0.3) is 0 Å². The second-order valence-corrected chi connectivity index (χ2v) is 7.70. The van der Waals surface area contributed by atoms with Crippen molar-refractivity contribution in [3.8, 4) is 5.75 Å². The molecular weight excluding hydrogens is 487 g/mol. The molecule has 2 aromatic rings. The summed E-state index contributed by atoms with van der Waals surface area (Å²) in [5, 5.41) is 14.9. The molecule has 0 aromatic heterocycles. The number of benzene rings is 2. The Morgan fingerprint density at radius 2 is 1.66 bits per heavy atom. The molecule has 0 aliphatic rings. The first-order valence-electron chi connectivity index (χ1n) is 8.96. The van der Waals surface area contributed by atoms with Crippen LogP contribution in [0, 0.1) is 3.57 Å². The molecule has 2 rings (SSSR count). The summed E-state index contributed by atoms with van der Waals surface area (Å²) in [5.74, 6) is -0.533. The van der Waals surface area contributed by atoms with Gasteiger partial charge in [-0.15, -0.1) is 0 Å². The van der Waals surface area contributed by atoms with Gasteiger partial charge in [0.2, 0.25) is 5.91 Å². The highest BCUT2D eigenvalue weighted by molar-refractivity contribution is 14.1. The Kier molecular flexibility index (Phi) is 8.44. The Bertz CT molecular complexity index is 873. The molecule has 2 unspecified atom stereocenters. The lowest BCUT2D eigenvalue weighted by Gasteiger charge is -2.22. The minimum atomic E-state index is -0.897. The van der Waals surface area contributed by atoms with Crippen molar-refractivity contribution in [2.24, 2.45) is 0 Å². The van der Waals surface area contributed by atoms with E-state index in [0.29, 0.717) is 3.57 Å². The lowest BCUT2D eigenvalue weighted by atomic mass is 10.0. The molecule has 154 valence electrons. The average molecular weight is 510 g/mol. The summed E-state index contributed by atoms with van der Waals surface area (Å²) in [6, 6.07) is 12.6. The van der Waals surface area contributed by atoms with E-state index in [0.717, 1.165) is 11.1 Å².